The van der Waals surface area contributed by atoms with E-state index < -0.39 is 236 Å². The van der Waals surface area contributed by atoms with Crippen molar-refractivity contribution in [3.63, 3.8) is 0 Å². The predicted molar refractivity (Wildman–Crippen MR) is 400 cm³/mol. The van der Waals surface area contributed by atoms with E-state index in [0.29, 0.717) is 12.1 Å². The molecule has 14 atom stereocenters. The molecule has 1 aliphatic heterocycles. The number of nitrogens with two attached hydrogens (primary N) is 2. The molecule has 630 valence electrons. The second-order valence-corrected chi connectivity index (χ2v) is 29.1. The number of amides is 15. The molecule has 3 heterocycles. The molecule has 0 saturated carbocycles. The Balaban J connectivity index is 2.16. The summed E-state index contributed by atoms with van der Waals surface area (Å²) in [4.78, 5) is 260. The molecule has 3 rings (SSSR count). The van der Waals surface area contributed by atoms with E-state index in [2.05, 4.69) is 89.1 Å². The molecule has 0 radical (unpaired) electrons. The molecule has 0 aliphatic carbocycles. The number of primary amides is 1. The second kappa shape index (κ2) is 49.2. The maximum Gasteiger partial charge on any atom is 0.328 e. The first kappa shape index (κ1) is 96.0. The van der Waals surface area contributed by atoms with E-state index in [4.69, 9.17) is 11.5 Å². The molecule has 42 heteroatoms. The summed E-state index contributed by atoms with van der Waals surface area (Å²) < 4.78 is 0. The minimum absolute atomic E-state index is 0.00421. The van der Waals surface area contributed by atoms with E-state index in [-0.39, 0.29) is 108 Å². The Bertz CT molecular complexity index is 3560. The van der Waals surface area contributed by atoms with Gasteiger partial charge in [0.2, 0.25) is 88.6 Å². The SMILES string of the molecule is CC[C@H](C)[C@@H]1NC(=O)[C@@H](NC(=O)[C@H](Cc2cnc[nH]2)NC(=O)[C@H](CCCCN)NC(=O)[C@H](CCC(=O)O)NC(C)=O)CC(=O)NCCCC[C@@H](C(=O)N[C@@H](CC(C)C)C(=O)N[C@@H](CC(C)C)C(=O)N[C@@H](CCC(N)=O)C(=O)N[C@@H](CC(=O)O)C(=O)N[C@@H](CO)C(=O)O)NC(=O)[C@H](Cc2cnc[nH]2)NC(=O)[C@H](CC(C)C)NC1=O. The number of rotatable bonds is 43. The van der Waals surface area contributed by atoms with Crippen LogP contribution < -0.4 is 85.9 Å². The van der Waals surface area contributed by atoms with E-state index in [9.17, 15) is 107 Å². The third-order valence-electron chi connectivity index (χ3n) is 18.0. The Morgan fingerprint density at radius 3 is 1.58 bits per heavy atom. The van der Waals surface area contributed by atoms with Gasteiger partial charge in [0.25, 0.3) is 0 Å². The van der Waals surface area contributed by atoms with E-state index in [1.165, 1.54) is 25.0 Å². The number of carboxylic acids is 3. The number of nitrogens with zero attached hydrogens (tertiary/aromatic N) is 2. The highest BCUT2D eigenvalue weighted by Gasteiger charge is 2.40. The Labute approximate surface area is 653 Å². The van der Waals surface area contributed by atoms with Gasteiger partial charge >= 0.3 is 17.9 Å². The van der Waals surface area contributed by atoms with Crippen LogP contribution in [-0.2, 0) is 99.1 Å². The zero-order chi connectivity index (χ0) is 84.8. The van der Waals surface area contributed by atoms with Gasteiger partial charge in [-0.2, -0.15) is 0 Å². The molecule has 24 N–H and O–H groups in total. The second-order valence-electron chi connectivity index (χ2n) is 29.1. The fourth-order valence-corrected chi connectivity index (χ4v) is 11.8. The topological polar surface area (TPSA) is 666 Å². The molecule has 0 bridgehead atoms. The fraction of sp³-hybridized carbons (Fsp3) is 0.662. The van der Waals surface area contributed by atoms with Gasteiger partial charge in [0.1, 0.15) is 78.5 Å². The van der Waals surface area contributed by atoms with Gasteiger partial charge < -0.3 is 116 Å². The van der Waals surface area contributed by atoms with Crippen molar-refractivity contribution >= 4 is 107 Å². The number of hydrogen-bond acceptors (Lipinski definition) is 22. The molecule has 0 unspecified atom stereocenters. The minimum atomic E-state index is -2.00. The summed E-state index contributed by atoms with van der Waals surface area (Å²) in [5.41, 5.74) is 11.8. The van der Waals surface area contributed by atoms with E-state index in [0.717, 1.165) is 6.92 Å². The van der Waals surface area contributed by atoms with Crippen LogP contribution in [0.4, 0.5) is 0 Å². The normalized spacial score (nSPS) is 19.1. The van der Waals surface area contributed by atoms with Gasteiger partial charge in [-0.15, -0.1) is 0 Å². The van der Waals surface area contributed by atoms with E-state index >= 15 is 0 Å². The average molecular weight is 1600 g/mol. The van der Waals surface area contributed by atoms with Gasteiger partial charge in [0, 0.05) is 62.9 Å². The smallest absolute Gasteiger partial charge is 0.328 e. The Morgan fingerprint density at radius 2 is 1.06 bits per heavy atom. The van der Waals surface area contributed by atoms with Gasteiger partial charge in [-0.1, -0.05) is 61.8 Å². The number of unbranched alkanes of at least 4 members (excludes halogenated alkanes) is 1. The molecule has 42 nitrogen and oxygen atoms in total. The summed E-state index contributed by atoms with van der Waals surface area (Å²) in [6.07, 6.45) is 0.969. The monoisotopic (exact) mass is 1600 g/mol. The highest BCUT2D eigenvalue weighted by atomic mass is 16.4. The third kappa shape index (κ3) is 35.8. The number of aromatic amines is 2. The Kier molecular flexibility index (Phi) is 41.8. The van der Waals surface area contributed by atoms with Crippen molar-refractivity contribution in [1.82, 2.24) is 94.4 Å². The van der Waals surface area contributed by atoms with Crippen molar-refractivity contribution < 1.29 is 107 Å². The van der Waals surface area contributed by atoms with E-state index in [1.807, 2.05) is 5.32 Å². The lowest BCUT2D eigenvalue weighted by Crippen LogP contribution is -2.62. The first-order valence-electron chi connectivity index (χ1n) is 37.6. The van der Waals surface area contributed by atoms with Crippen LogP contribution in [0.25, 0.3) is 0 Å². The molecule has 1 aliphatic rings. The van der Waals surface area contributed by atoms with Crippen molar-refractivity contribution in [2.24, 2.45) is 35.1 Å². The highest BCUT2D eigenvalue weighted by Crippen LogP contribution is 2.17. The zero-order valence-electron chi connectivity index (χ0n) is 65.2. The summed E-state index contributed by atoms with van der Waals surface area (Å²) in [5.74, 6) is -21.3. The summed E-state index contributed by atoms with van der Waals surface area (Å²) in [7, 11) is 0. The number of aliphatic hydroxyl groups excluding tert-OH is 1. The molecular weight excluding hydrogens is 1480 g/mol. The number of aliphatic hydroxyl groups is 1. The minimum Gasteiger partial charge on any atom is -0.481 e. The maximum absolute atomic E-state index is 15.0. The van der Waals surface area contributed by atoms with Crippen molar-refractivity contribution in [3.05, 3.63) is 36.4 Å². The third-order valence-corrected chi connectivity index (χ3v) is 18.0. The van der Waals surface area contributed by atoms with Gasteiger partial charge in [0.05, 0.1) is 32.1 Å². The van der Waals surface area contributed by atoms with Gasteiger partial charge in [0.15, 0.2) is 0 Å². The number of aliphatic carboxylic acids is 3. The number of aromatic nitrogens is 4. The Hall–Kier alpha value is -11.2. The lowest BCUT2D eigenvalue weighted by Gasteiger charge is -2.30. The number of carboxylic acid groups (broad SMARTS) is 3. The first-order valence-corrected chi connectivity index (χ1v) is 37.6. The predicted octanol–water partition coefficient (Wildman–Crippen LogP) is -5.07. The van der Waals surface area contributed by atoms with Crippen LogP contribution in [-0.4, -0.2) is 245 Å². The van der Waals surface area contributed by atoms with Crippen molar-refractivity contribution in [3.8, 4) is 0 Å². The highest BCUT2D eigenvalue weighted by molar-refractivity contribution is 6.01. The van der Waals surface area contributed by atoms with Crippen LogP contribution in [0.1, 0.15) is 176 Å². The number of H-pyrrole nitrogens is 2. The number of carbonyl (C=O) groups excluding carboxylic acids is 15. The molecule has 2 aromatic rings. The number of nitrogens with one attached hydrogen (secondary N) is 16. The van der Waals surface area contributed by atoms with Crippen LogP contribution in [0, 0.1) is 23.7 Å². The van der Waals surface area contributed by atoms with Crippen molar-refractivity contribution in [2.45, 2.75) is 256 Å². The number of hydrogen-bond donors (Lipinski definition) is 22. The summed E-state index contributed by atoms with van der Waals surface area (Å²) in [5, 5.41) is 73.1. The molecule has 15 amide bonds. The molecule has 0 aromatic carbocycles. The molecule has 2 aromatic heterocycles. The van der Waals surface area contributed by atoms with Crippen molar-refractivity contribution in [2.75, 3.05) is 19.7 Å². The average Bonchev–Trinajstić information content (AvgIpc) is 1.53. The van der Waals surface area contributed by atoms with Crippen LogP contribution in [0.15, 0.2) is 25.0 Å². The van der Waals surface area contributed by atoms with Crippen molar-refractivity contribution in [1.29, 1.82) is 0 Å². The molecule has 1 fully saturated rings. The quantitative estimate of drug-likeness (QED) is 0.0276. The molecule has 113 heavy (non-hydrogen) atoms. The fourth-order valence-electron chi connectivity index (χ4n) is 11.8. The van der Waals surface area contributed by atoms with Gasteiger partial charge in [-0.3, -0.25) is 81.5 Å². The summed E-state index contributed by atoms with van der Waals surface area (Å²) >= 11 is 0. The van der Waals surface area contributed by atoms with E-state index in [1.54, 1.807) is 55.4 Å². The summed E-state index contributed by atoms with van der Waals surface area (Å²) in [6.45, 7) is 13.5. The van der Waals surface area contributed by atoms with Crippen LogP contribution in [0.3, 0.4) is 0 Å². The van der Waals surface area contributed by atoms with Crippen LogP contribution in [0.5, 0.6) is 0 Å². The number of carbonyl (C=O) groups is 18. The lowest BCUT2D eigenvalue weighted by atomic mass is 9.96. The molecule has 0 spiro atoms. The maximum atomic E-state index is 15.0. The number of imidazole rings is 2. The molecular formula is C71H114N20O22. The van der Waals surface area contributed by atoms with Gasteiger partial charge in [-0.05, 0) is 101 Å². The Morgan fingerprint density at radius 1 is 0.549 bits per heavy atom. The summed E-state index contributed by atoms with van der Waals surface area (Å²) in [6, 6.07) is -21.1. The van der Waals surface area contributed by atoms with Gasteiger partial charge in [-0.25, -0.2) is 14.8 Å². The van der Waals surface area contributed by atoms with Crippen LogP contribution >= 0.6 is 0 Å². The molecule has 1 saturated heterocycles. The lowest BCUT2D eigenvalue weighted by molar-refractivity contribution is -0.144. The standard InChI is InChI=1S/C71H114N20O22/c1-10-38(8)58-70(111)89-48(25-37(6)7)65(106)86-49(26-40-30-74-33-77-40)66(107)81-43(59(100)83-47(24-36(4)5)64(105)84-46(23-35(2)3)63(104)82-45(17-19-54(73)94)62(103)88-52(29-57(98)99)68(109)90-53(32-92)71(112)113)16-12-14-22-76-55(95)28-51(69(110)91-58)87-67(108)50(27-41-31-75-34-78-41)85-60(101)42(15-11-13-21-72)80-61(102)44(79-39(9)93)18-20-56(96)97/h30-31,33-38,42-53,58,92H,10-29,32,72H2,1-9H3,(H2,73,94)(H,74,77)(H,75,78)(H,76,95)(H,79,93)(H,80,102)(H,81,107)(H,82,104)(H,83,100)(H,84,105)(H,85,101)(H,86,106)(H,87,108)(H,88,103)(H,89,111)(H,90,109)(H,91,110)(H,96,97)(H,98,99)(H,112,113)/t38-,42-,43-,44-,45-,46-,47-,48-,49-,50-,51-,52-,53-,58-/m0/s1. The largest absolute Gasteiger partial charge is 0.481 e. The first-order chi connectivity index (χ1) is 53.2. The van der Waals surface area contributed by atoms with Crippen LogP contribution in [0.2, 0.25) is 0 Å². The zero-order valence-corrected chi connectivity index (χ0v) is 65.2.